The van der Waals surface area contributed by atoms with Gasteiger partial charge in [-0.2, -0.15) is 0 Å². The molecule has 2 rings (SSSR count). The molecular weight excluding hydrogens is 341 g/mol. The van der Waals surface area contributed by atoms with Crippen LogP contribution in [0, 0.1) is 10.1 Å². The van der Waals surface area contributed by atoms with E-state index in [9.17, 15) is 18.5 Å². The summed E-state index contributed by atoms with van der Waals surface area (Å²) < 4.78 is 26.7. The summed E-state index contributed by atoms with van der Waals surface area (Å²) in [5.41, 5.74) is -0.485. The van der Waals surface area contributed by atoms with E-state index >= 15 is 0 Å². The first-order valence-corrected chi connectivity index (χ1v) is 7.93. The number of rotatable bonds is 5. The van der Waals surface area contributed by atoms with E-state index in [0.29, 0.717) is 0 Å². The Morgan fingerprint density at radius 2 is 2.19 bits per heavy atom. The Balaban J connectivity index is 0.00000220. The highest BCUT2D eigenvalue weighted by Gasteiger charge is 2.27. The molecule has 7 nitrogen and oxygen atoms in total. The fourth-order valence-electron chi connectivity index (χ4n) is 2.07. The zero-order chi connectivity index (χ0) is 14.8. The van der Waals surface area contributed by atoms with Crippen molar-refractivity contribution in [1.82, 2.24) is 10.0 Å². The maximum atomic E-state index is 12.2. The number of nitro benzene ring substituents is 1. The monoisotopic (exact) mass is 355 g/mol. The standard InChI is InChI=1S/C11H14ClN3O4S.ClH/c12-8-3-4-10(15(16)17)11(6-8)20(18,19)14-7-9-2-1-5-13-9;/h3-4,6,9,13-14H,1-2,5,7H2;1H. The van der Waals surface area contributed by atoms with Gasteiger partial charge in [0, 0.05) is 23.7 Å². The Labute approximate surface area is 133 Å². The molecule has 1 atom stereocenters. The fraction of sp³-hybridized carbons (Fsp3) is 0.455. The first kappa shape index (κ1) is 18.1. The summed E-state index contributed by atoms with van der Waals surface area (Å²) in [6, 6.07) is 3.52. The fourth-order valence-corrected chi connectivity index (χ4v) is 3.59. The zero-order valence-electron chi connectivity index (χ0n) is 10.9. The molecule has 118 valence electrons. The molecule has 0 radical (unpaired) electrons. The van der Waals surface area contributed by atoms with Crippen LogP contribution in [0.4, 0.5) is 5.69 Å². The largest absolute Gasteiger partial charge is 0.313 e. The maximum absolute atomic E-state index is 12.2. The van der Waals surface area contributed by atoms with Crippen LogP contribution in [0.25, 0.3) is 0 Å². The summed E-state index contributed by atoms with van der Waals surface area (Å²) >= 11 is 5.73. The molecule has 0 amide bonds. The molecule has 0 saturated carbocycles. The summed E-state index contributed by atoms with van der Waals surface area (Å²) in [7, 11) is -3.96. The van der Waals surface area contributed by atoms with E-state index in [-0.39, 0.29) is 30.0 Å². The molecular formula is C11H15Cl2N3O4S. The molecule has 1 heterocycles. The second-order valence-electron chi connectivity index (χ2n) is 4.51. The van der Waals surface area contributed by atoms with Crippen LogP contribution in [0.2, 0.25) is 5.02 Å². The number of halogens is 2. The predicted octanol–water partition coefficient (Wildman–Crippen LogP) is 1.70. The van der Waals surface area contributed by atoms with E-state index in [4.69, 9.17) is 11.6 Å². The molecule has 1 aromatic rings. The van der Waals surface area contributed by atoms with Gasteiger partial charge in [0.2, 0.25) is 10.0 Å². The van der Waals surface area contributed by atoms with E-state index in [1.807, 2.05) is 0 Å². The Kier molecular flexibility index (Phi) is 6.36. The third kappa shape index (κ3) is 4.52. The third-order valence-corrected chi connectivity index (χ3v) is 4.78. The highest BCUT2D eigenvalue weighted by Crippen LogP contribution is 2.26. The molecule has 1 saturated heterocycles. The molecule has 2 N–H and O–H groups in total. The molecule has 1 unspecified atom stereocenters. The number of nitrogens with zero attached hydrogens (tertiary/aromatic N) is 1. The van der Waals surface area contributed by atoms with Gasteiger partial charge in [0.05, 0.1) is 4.92 Å². The van der Waals surface area contributed by atoms with Gasteiger partial charge >= 0.3 is 0 Å². The van der Waals surface area contributed by atoms with E-state index in [1.165, 1.54) is 6.07 Å². The second-order valence-corrected chi connectivity index (χ2v) is 6.69. The van der Waals surface area contributed by atoms with Gasteiger partial charge in [-0.3, -0.25) is 10.1 Å². The van der Waals surface area contributed by atoms with Crippen LogP contribution in [0.5, 0.6) is 0 Å². The van der Waals surface area contributed by atoms with E-state index in [1.54, 1.807) is 0 Å². The minimum absolute atomic E-state index is 0. The van der Waals surface area contributed by atoms with Crippen molar-refractivity contribution in [2.45, 2.75) is 23.8 Å². The summed E-state index contributed by atoms with van der Waals surface area (Å²) in [4.78, 5) is 9.75. The molecule has 0 spiro atoms. The molecule has 1 aromatic carbocycles. The lowest BCUT2D eigenvalue weighted by Crippen LogP contribution is -2.37. The highest BCUT2D eigenvalue weighted by atomic mass is 35.5. The molecule has 0 aliphatic carbocycles. The number of hydrogen-bond acceptors (Lipinski definition) is 5. The number of nitrogens with one attached hydrogen (secondary N) is 2. The summed E-state index contributed by atoms with van der Waals surface area (Å²) in [5.74, 6) is 0. The van der Waals surface area contributed by atoms with Gasteiger partial charge in [-0.25, -0.2) is 13.1 Å². The molecule has 21 heavy (non-hydrogen) atoms. The first-order valence-electron chi connectivity index (χ1n) is 6.07. The van der Waals surface area contributed by atoms with Crippen molar-refractivity contribution in [3.8, 4) is 0 Å². The van der Waals surface area contributed by atoms with Crippen molar-refractivity contribution >= 4 is 39.7 Å². The molecule has 1 fully saturated rings. The van der Waals surface area contributed by atoms with Gasteiger partial charge in [-0.05, 0) is 31.5 Å². The topological polar surface area (TPSA) is 101 Å². The molecule has 1 aliphatic heterocycles. The number of hydrogen-bond donors (Lipinski definition) is 2. The Morgan fingerprint density at radius 1 is 1.48 bits per heavy atom. The molecule has 0 aromatic heterocycles. The Morgan fingerprint density at radius 3 is 2.76 bits per heavy atom. The third-order valence-electron chi connectivity index (χ3n) is 3.09. The van der Waals surface area contributed by atoms with Gasteiger partial charge in [0.25, 0.3) is 5.69 Å². The summed E-state index contributed by atoms with van der Waals surface area (Å²) in [5, 5.41) is 14.2. The van der Waals surface area contributed by atoms with E-state index in [2.05, 4.69) is 10.0 Å². The predicted molar refractivity (Wildman–Crippen MR) is 81.6 cm³/mol. The summed E-state index contributed by atoms with van der Waals surface area (Å²) in [6.45, 7) is 1.05. The second kappa shape index (κ2) is 7.37. The van der Waals surface area contributed by atoms with Crippen LogP contribution in [0.1, 0.15) is 12.8 Å². The van der Waals surface area contributed by atoms with Crippen molar-refractivity contribution < 1.29 is 13.3 Å². The number of nitro groups is 1. The summed E-state index contributed by atoms with van der Waals surface area (Å²) in [6.07, 6.45) is 1.86. The molecule has 1 aliphatic rings. The van der Waals surface area contributed by atoms with Crippen LogP contribution < -0.4 is 10.0 Å². The Hall–Kier alpha value is -0.930. The van der Waals surface area contributed by atoms with Gasteiger partial charge in [0.15, 0.2) is 4.90 Å². The van der Waals surface area contributed by atoms with Gasteiger partial charge in [-0.1, -0.05) is 11.6 Å². The lowest BCUT2D eigenvalue weighted by atomic mass is 10.2. The van der Waals surface area contributed by atoms with Gasteiger partial charge < -0.3 is 5.32 Å². The highest BCUT2D eigenvalue weighted by molar-refractivity contribution is 7.89. The van der Waals surface area contributed by atoms with Gasteiger partial charge in [-0.15, -0.1) is 12.4 Å². The number of benzene rings is 1. The van der Waals surface area contributed by atoms with Gasteiger partial charge in [0.1, 0.15) is 0 Å². The molecule has 0 bridgehead atoms. The van der Waals surface area contributed by atoms with Crippen LogP contribution in [-0.2, 0) is 10.0 Å². The minimum atomic E-state index is -3.96. The Bertz CT molecular complexity index is 618. The van der Waals surface area contributed by atoms with Crippen molar-refractivity contribution in [3.63, 3.8) is 0 Å². The lowest BCUT2D eigenvalue weighted by molar-refractivity contribution is -0.387. The van der Waals surface area contributed by atoms with Crippen molar-refractivity contribution in [1.29, 1.82) is 0 Å². The normalized spacial score (nSPS) is 18.2. The van der Waals surface area contributed by atoms with E-state index < -0.39 is 25.5 Å². The zero-order valence-corrected chi connectivity index (χ0v) is 13.3. The van der Waals surface area contributed by atoms with Crippen molar-refractivity contribution in [3.05, 3.63) is 33.3 Å². The van der Waals surface area contributed by atoms with Crippen molar-refractivity contribution in [2.75, 3.05) is 13.1 Å². The van der Waals surface area contributed by atoms with Crippen molar-refractivity contribution in [2.24, 2.45) is 0 Å². The minimum Gasteiger partial charge on any atom is -0.313 e. The van der Waals surface area contributed by atoms with Crippen LogP contribution >= 0.6 is 24.0 Å². The van der Waals surface area contributed by atoms with E-state index in [0.717, 1.165) is 31.5 Å². The maximum Gasteiger partial charge on any atom is 0.289 e. The SMILES string of the molecule is Cl.O=[N+]([O-])c1ccc(Cl)cc1S(=O)(=O)NCC1CCCN1. The lowest BCUT2D eigenvalue weighted by Gasteiger charge is -2.12. The van der Waals surface area contributed by atoms with Crippen LogP contribution in [-0.4, -0.2) is 32.5 Å². The van der Waals surface area contributed by atoms with Crippen LogP contribution in [0.3, 0.4) is 0 Å². The quantitative estimate of drug-likeness (QED) is 0.618. The molecule has 10 heteroatoms. The smallest absolute Gasteiger partial charge is 0.289 e. The van der Waals surface area contributed by atoms with Crippen LogP contribution in [0.15, 0.2) is 23.1 Å². The number of sulfonamides is 1. The average Bonchev–Trinajstić information content (AvgIpc) is 2.89. The average molecular weight is 356 g/mol. The first-order chi connectivity index (χ1) is 9.40.